The zero-order valence-electron chi connectivity index (χ0n) is 17.2. The Labute approximate surface area is 161 Å². The van der Waals surface area contributed by atoms with Crippen LogP contribution < -0.4 is 0 Å². The van der Waals surface area contributed by atoms with Crippen molar-refractivity contribution in [2.75, 3.05) is 13.2 Å². The van der Waals surface area contributed by atoms with Crippen LogP contribution in [0, 0.1) is 0 Å². The largest absolute Gasteiger partial charge is 0.460 e. The van der Waals surface area contributed by atoms with Gasteiger partial charge in [0.05, 0.1) is 6.61 Å². The molecule has 1 saturated heterocycles. The van der Waals surface area contributed by atoms with Crippen molar-refractivity contribution in [1.29, 1.82) is 0 Å². The number of unbranched alkanes of at least 4 members (excludes halogenated alkanes) is 15. The minimum atomic E-state index is -0.235. The lowest BCUT2D eigenvalue weighted by Gasteiger charge is -2.03. The second-order valence-electron chi connectivity index (χ2n) is 7.73. The zero-order valence-corrected chi connectivity index (χ0v) is 17.2. The van der Waals surface area contributed by atoms with Crippen molar-refractivity contribution in [3.8, 4) is 0 Å². The average molecular weight is 367 g/mol. The standard InChI is InChI=1S/C23H42O3/c1-2-3-4-5-6-7-8-9-10-11-12-13-14-15-16-17-18-19-23(24)26-21-22-20-25-22/h18-19,22H,2-17,20-21H2,1H3. The summed E-state index contributed by atoms with van der Waals surface area (Å²) in [6, 6.07) is 0. The van der Waals surface area contributed by atoms with Crippen LogP contribution in [0.5, 0.6) is 0 Å². The molecule has 1 atom stereocenters. The van der Waals surface area contributed by atoms with Crippen molar-refractivity contribution in [1.82, 2.24) is 0 Å². The van der Waals surface area contributed by atoms with Gasteiger partial charge >= 0.3 is 5.97 Å². The van der Waals surface area contributed by atoms with Crippen molar-refractivity contribution in [3.05, 3.63) is 12.2 Å². The number of esters is 1. The van der Waals surface area contributed by atoms with Gasteiger partial charge < -0.3 is 9.47 Å². The molecule has 0 amide bonds. The first-order chi connectivity index (χ1) is 12.8. The van der Waals surface area contributed by atoms with Gasteiger partial charge in [-0.1, -0.05) is 103 Å². The molecule has 0 saturated carbocycles. The summed E-state index contributed by atoms with van der Waals surface area (Å²) in [5, 5.41) is 0. The van der Waals surface area contributed by atoms with E-state index in [1.54, 1.807) is 6.08 Å². The smallest absolute Gasteiger partial charge is 0.330 e. The minimum absolute atomic E-state index is 0.155. The minimum Gasteiger partial charge on any atom is -0.460 e. The van der Waals surface area contributed by atoms with E-state index in [1.807, 2.05) is 6.08 Å². The normalized spacial score (nSPS) is 16.3. The highest BCUT2D eigenvalue weighted by Crippen LogP contribution is 2.14. The molecule has 1 aliphatic heterocycles. The summed E-state index contributed by atoms with van der Waals surface area (Å²) in [7, 11) is 0. The number of carbonyl (C=O) groups is 1. The van der Waals surface area contributed by atoms with Crippen LogP contribution in [0.25, 0.3) is 0 Å². The van der Waals surface area contributed by atoms with Crippen molar-refractivity contribution in [3.63, 3.8) is 0 Å². The van der Waals surface area contributed by atoms with Crippen molar-refractivity contribution in [2.45, 2.75) is 116 Å². The molecule has 1 rings (SSSR count). The summed E-state index contributed by atoms with van der Waals surface area (Å²) in [5.41, 5.74) is 0. The van der Waals surface area contributed by atoms with E-state index in [-0.39, 0.29) is 12.1 Å². The molecule has 1 unspecified atom stereocenters. The molecule has 3 nitrogen and oxygen atoms in total. The van der Waals surface area contributed by atoms with E-state index < -0.39 is 0 Å². The molecule has 0 radical (unpaired) electrons. The molecule has 1 fully saturated rings. The van der Waals surface area contributed by atoms with Gasteiger partial charge in [-0.05, 0) is 12.8 Å². The van der Waals surface area contributed by atoms with Crippen LogP contribution in [0.3, 0.4) is 0 Å². The number of allylic oxidation sites excluding steroid dienone is 1. The molecule has 1 aliphatic rings. The fourth-order valence-electron chi connectivity index (χ4n) is 3.20. The van der Waals surface area contributed by atoms with E-state index in [4.69, 9.17) is 9.47 Å². The lowest BCUT2D eigenvalue weighted by molar-refractivity contribution is -0.138. The van der Waals surface area contributed by atoms with E-state index in [0.717, 1.165) is 13.0 Å². The Hall–Kier alpha value is -0.830. The summed E-state index contributed by atoms with van der Waals surface area (Å²) in [6.07, 6.45) is 25.4. The van der Waals surface area contributed by atoms with Crippen LogP contribution in [0.2, 0.25) is 0 Å². The second-order valence-corrected chi connectivity index (χ2v) is 7.73. The zero-order chi connectivity index (χ0) is 18.7. The summed E-state index contributed by atoms with van der Waals surface area (Å²) < 4.78 is 10.0. The third-order valence-corrected chi connectivity index (χ3v) is 5.04. The Morgan fingerprint density at radius 2 is 1.31 bits per heavy atom. The molecule has 0 aromatic rings. The van der Waals surface area contributed by atoms with E-state index in [1.165, 1.54) is 96.3 Å². The topological polar surface area (TPSA) is 38.8 Å². The predicted octanol–water partition coefficient (Wildman–Crippen LogP) is 6.75. The molecule has 26 heavy (non-hydrogen) atoms. The maximum Gasteiger partial charge on any atom is 0.330 e. The quantitative estimate of drug-likeness (QED) is 0.110. The Kier molecular flexibility index (Phi) is 15.7. The van der Waals surface area contributed by atoms with E-state index in [9.17, 15) is 4.79 Å². The van der Waals surface area contributed by atoms with Crippen LogP contribution >= 0.6 is 0 Å². The van der Waals surface area contributed by atoms with Gasteiger partial charge in [-0.25, -0.2) is 4.79 Å². The number of ether oxygens (including phenoxy) is 2. The Morgan fingerprint density at radius 3 is 1.77 bits per heavy atom. The molecule has 0 aromatic heterocycles. The maximum atomic E-state index is 11.4. The molecule has 0 bridgehead atoms. The highest BCUT2D eigenvalue weighted by atomic mass is 16.6. The van der Waals surface area contributed by atoms with Crippen molar-refractivity contribution >= 4 is 5.97 Å². The van der Waals surface area contributed by atoms with E-state index >= 15 is 0 Å². The third-order valence-electron chi connectivity index (χ3n) is 5.04. The summed E-state index contributed by atoms with van der Waals surface area (Å²) in [4.78, 5) is 11.4. The van der Waals surface area contributed by atoms with Gasteiger partial charge in [0.25, 0.3) is 0 Å². The number of hydrogen-bond donors (Lipinski definition) is 0. The number of hydrogen-bond acceptors (Lipinski definition) is 3. The highest BCUT2D eigenvalue weighted by Gasteiger charge is 2.23. The molecular formula is C23H42O3. The fraction of sp³-hybridized carbons (Fsp3) is 0.870. The van der Waals surface area contributed by atoms with Gasteiger partial charge in [0.15, 0.2) is 0 Å². The molecule has 3 heteroatoms. The monoisotopic (exact) mass is 366 g/mol. The van der Waals surface area contributed by atoms with Gasteiger partial charge in [0.1, 0.15) is 12.7 Å². The maximum absolute atomic E-state index is 11.4. The number of epoxide rings is 1. The first-order valence-corrected chi connectivity index (χ1v) is 11.3. The Morgan fingerprint density at radius 1 is 0.846 bits per heavy atom. The van der Waals surface area contributed by atoms with Crippen LogP contribution in [0.1, 0.15) is 110 Å². The summed E-state index contributed by atoms with van der Waals surface area (Å²) in [6.45, 7) is 3.42. The lowest BCUT2D eigenvalue weighted by Crippen LogP contribution is -2.06. The SMILES string of the molecule is CCCCCCCCCCCCCCCCCC=CC(=O)OCC1CO1. The molecular weight excluding hydrogens is 324 g/mol. The van der Waals surface area contributed by atoms with Gasteiger partial charge in [0, 0.05) is 6.08 Å². The molecule has 0 N–H and O–H groups in total. The molecule has 0 aromatic carbocycles. The van der Waals surface area contributed by atoms with Crippen LogP contribution in [0.15, 0.2) is 12.2 Å². The van der Waals surface area contributed by atoms with E-state index in [0.29, 0.717) is 6.61 Å². The Bertz CT molecular complexity index is 347. The molecule has 1 heterocycles. The van der Waals surface area contributed by atoms with Crippen molar-refractivity contribution in [2.24, 2.45) is 0 Å². The molecule has 0 spiro atoms. The van der Waals surface area contributed by atoms with Gasteiger partial charge in [0.2, 0.25) is 0 Å². The van der Waals surface area contributed by atoms with Gasteiger partial charge in [-0.3, -0.25) is 0 Å². The first kappa shape index (κ1) is 23.2. The number of rotatable bonds is 19. The fourth-order valence-corrected chi connectivity index (χ4v) is 3.20. The van der Waals surface area contributed by atoms with Crippen LogP contribution in [-0.2, 0) is 14.3 Å². The van der Waals surface area contributed by atoms with Gasteiger partial charge in [-0.2, -0.15) is 0 Å². The summed E-state index contributed by atoms with van der Waals surface area (Å²) >= 11 is 0. The Balaban J connectivity index is 1.69. The molecule has 0 aliphatic carbocycles. The average Bonchev–Trinajstić information content (AvgIpc) is 3.47. The van der Waals surface area contributed by atoms with Gasteiger partial charge in [-0.15, -0.1) is 0 Å². The highest BCUT2D eigenvalue weighted by molar-refractivity contribution is 5.81. The third kappa shape index (κ3) is 16.6. The first-order valence-electron chi connectivity index (χ1n) is 11.3. The lowest BCUT2D eigenvalue weighted by atomic mass is 10.0. The predicted molar refractivity (Wildman–Crippen MR) is 109 cm³/mol. The van der Waals surface area contributed by atoms with Crippen LogP contribution in [0.4, 0.5) is 0 Å². The van der Waals surface area contributed by atoms with E-state index in [2.05, 4.69) is 6.92 Å². The summed E-state index contributed by atoms with van der Waals surface area (Å²) in [5.74, 6) is -0.235. The van der Waals surface area contributed by atoms with Crippen LogP contribution in [-0.4, -0.2) is 25.3 Å². The van der Waals surface area contributed by atoms with Crippen molar-refractivity contribution < 1.29 is 14.3 Å². The molecule has 152 valence electrons. The number of carbonyl (C=O) groups excluding carboxylic acids is 1. The second kappa shape index (κ2) is 17.6.